The summed E-state index contributed by atoms with van der Waals surface area (Å²) in [5, 5.41) is 18.8. The van der Waals surface area contributed by atoms with Crippen molar-refractivity contribution in [2.24, 2.45) is 5.73 Å². The van der Waals surface area contributed by atoms with E-state index in [0.29, 0.717) is 22.8 Å². The Bertz CT molecular complexity index is 1060. The van der Waals surface area contributed by atoms with Crippen LogP contribution in [0.15, 0.2) is 66.7 Å². The molecule has 0 amide bonds. The van der Waals surface area contributed by atoms with Crippen molar-refractivity contribution in [2.45, 2.75) is 19.1 Å². The van der Waals surface area contributed by atoms with E-state index in [2.05, 4.69) is 0 Å². The quantitative estimate of drug-likeness (QED) is 0.320. The third-order valence-electron chi connectivity index (χ3n) is 5.03. The molecule has 0 aromatic heterocycles. The van der Waals surface area contributed by atoms with Gasteiger partial charge >= 0.3 is 7.12 Å². The molecule has 0 aliphatic carbocycles. The molecule has 0 spiro atoms. The molecule has 5 nitrogen and oxygen atoms in total. The highest BCUT2D eigenvalue weighted by Crippen LogP contribution is 2.31. The number of hydrogen-bond acceptors (Lipinski definition) is 4. The van der Waals surface area contributed by atoms with Gasteiger partial charge in [0.2, 0.25) is 0 Å². The molecule has 0 saturated carbocycles. The number of benzene rings is 3. The molecule has 30 heavy (non-hydrogen) atoms. The summed E-state index contributed by atoms with van der Waals surface area (Å²) in [4.78, 5) is 0. The van der Waals surface area contributed by atoms with E-state index in [1.807, 2.05) is 54.6 Å². The van der Waals surface area contributed by atoms with E-state index in [1.165, 1.54) is 0 Å². The molecule has 1 atom stereocenters. The van der Waals surface area contributed by atoms with E-state index < -0.39 is 7.12 Å². The highest BCUT2D eigenvalue weighted by Gasteiger charge is 2.31. The van der Waals surface area contributed by atoms with Crippen LogP contribution in [0, 0.1) is 5.41 Å². The fraction of sp³-hybridized carbons (Fsp3) is 0.136. The normalized spacial score (nSPS) is 15.1. The predicted octanol–water partition coefficient (Wildman–Crippen LogP) is 3.63. The zero-order valence-electron chi connectivity index (χ0n) is 16.0. The van der Waals surface area contributed by atoms with Gasteiger partial charge in [0.1, 0.15) is 18.2 Å². The maximum Gasteiger partial charge on any atom is 0.491 e. The lowest BCUT2D eigenvalue weighted by molar-refractivity contribution is 0.167. The SMILES string of the molecule is Cl.N=C(N)c1ccc(C2Cc3ccccc3B(O)O2)cc1OCc1ccccc1Cl. The molecule has 1 unspecified atom stereocenters. The van der Waals surface area contributed by atoms with Gasteiger partial charge in [-0.05, 0) is 34.8 Å². The number of ether oxygens (including phenoxy) is 1. The van der Waals surface area contributed by atoms with Gasteiger partial charge in [0.15, 0.2) is 0 Å². The molecule has 0 radical (unpaired) electrons. The number of amidine groups is 1. The smallest absolute Gasteiger partial charge is 0.488 e. The molecule has 1 aliphatic rings. The first-order chi connectivity index (χ1) is 14.0. The second-order valence-corrected chi connectivity index (χ2v) is 7.34. The first kappa shape index (κ1) is 22.2. The number of nitrogens with two attached hydrogens (primary N) is 1. The van der Waals surface area contributed by atoms with Crippen LogP contribution in [0.5, 0.6) is 5.75 Å². The first-order valence-corrected chi connectivity index (χ1v) is 9.66. The van der Waals surface area contributed by atoms with Gasteiger partial charge in [0.25, 0.3) is 0 Å². The number of halogens is 2. The van der Waals surface area contributed by atoms with Crippen LogP contribution in [-0.4, -0.2) is 18.0 Å². The summed E-state index contributed by atoms with van der Waals surface area (Å²) in [5.74, 6) is 0.396. The summed E-state index contributed by atoms with van der Waals surface area (Å²) in [6.45, 7) is 0.250. The Kier molecular flexibility index (Phi) is 7.05. The Morgan fingerprint density at radius 1 is 1.17 bits per heavy atom. The van der Waals surface area contributed by atoms with Crippen molar-refractivity contribution in [2.75, 3.05) is 0 Å². The van der Waals surface area contributed by atoms with E-state index in [-0.39, 0.29) is 31.0 Å². The van der Waals surface area contributed by atoms with Crippen LogP contribution in [0.3, 0.4) is 0 Å². The van der Waals surface area contributed by atoms with Crippen LogP contribution in [0.1, 0.15) is 28.4 Å². The van der Waals surface area contributed by atoms with Crippen molar-refractivity contribution in [1.29, 1.82) is 5.41 Å². The molecule has 8 heteroatoms. The van der Waals surface area contributed by atoms with Gasteiger partial charge in [-0.2, -0.15) is 0 Å². The minimum Gasteiger partial charge on any atom is -0.488 e. The summed E-state index contributed by atoms with van der Waals surface area (Å²) >= 11 is 6.22. The van der Waals surface area contributed by atoms with Gasteiger partial charge in [-0.1, -0.05) is 60.1 Å². The number of nitrogens with one attached hydrogen (secondary N) is 1. The van der Waals surface area contributed by atoms with E-state index in [9.17, 15) is 5.02 Å². The Labute approximate surface area is 186 Å². The van der Waals surface area contributed by atoms with Gasteiger partial charge in [0.05, 0.1) is 11.7 Å². The molecular formula is C22H21BCl2N2O3. The molecular weight excluding hydrogens is 422 g/mol. The topological polar surface area (TPSA) is 88.6 Å². The maximum atomic E-state index is 10.4. The number of fused-ring (bicyclic) bond motifs is 1. The molecule has 154 valence electrons. The summed E-state index contributed by atoms with van der Waals surface area (Å²) < 4.78 is 11.8. The maximum absolute atomic E-state index is 10.4. The van der Waals surface area contributed by atoms with Gasteiger partial charge < -0.3 is 20.1 Å². The van der Waals surface area contributed by atoms with E-state index in [0.717, 1.165) is 22.2 Å². The van der Waals surface area contributed by atoms with Crippen LogP contribution in [0.2, 0.25) is 5.02 Å². The Morgan fingerprint density at radius 2 is 1.90 bits per heavy atom. The summed E-state index contributed by atoms with van der Waals surface area (Å²) in [5.41, 5.74) is 9.75. The van der Waals surface area contributed by atoms with E-state index in [1.54, 1.807) is 12.1 Å². The molecule has 1 heterocycles. The Hall–Kier alpha value is -2.51. The van der Waals surface area contributed by atoms with Crippen LogP contribution in [-0.2, 0) is 17.7 Å². The fourth-order valence-electron chi connectivity index (χ4n) is 3.49. The van der Waals surface area contributed by atoms with Crippen molar-refractivity contribution in [1.82, 2.24) is 0 Å². The summed E-state index contributed by atoms with van der Waals surface area (Å²) in [7, 11) is -0.982. The van der Waals surface area contributed by atoms with Gasteiger partial charge in [0, 0.05) is 17.0 Å². The molecule has 0 fully saturated rings. The zero-order valence-corrected chi connectivity index (χ0v) is 17.6. The number of hydrogen-bond donors (Lipinski definition) is 3. The highest BCUT2D eigenvalue weighted by atomic mass is 35.5. The van der Waals surface area contributed by atoms with Crippen LogP contribution in [0.4, 0.5) is 0 Å². The first-order valence-electron chi connectivity index (χ1n) is 9.29. The van der Waals surface area contributed by atoms with Gasteiger partial charge in [-0.3, -0.25) is 5.41 Å². The minimum absolute atomic E-state index is 0. The molecule has 4 N–H and O–H groups in total. The van der Waals surface area contributed by atoms with Crippen LogP contribution in [0.25, 0.3) is 0 Å². The molecule has 4 rings (SSSR count). The van der Waals surface area contributed by atoms with Crippen molar-refractivity contribution >= 4 is 42.4 Å². The molecule has 3 aromatic rings. The molecule has 0 saturated heterocycles. The third-order valence-corrected chi connectivity index (χ3v) is 5.40. The minimum atomic E-state index is -0.982. The highest BCUT2D eigenvalue weighted by molar-refractivity contribution is 6.60. The lowest BCUT2D eigenvalue weighted by atomic mass is 9.71. The second-order valence-electron chi connectivity index (χ2n) is 6.93. The largest absolute Gasteiger partial charge is 0.491 e. The number of nitrogen functional groups attached to an aromatic ring is 1. The van der Waals surface area contributed by atoms with Crippen molar-refractivity contribution in [3.05, 3.63) is 94.0 Å². The zero-order chi connectivity index (χ0) is 20.4. The van der Waals surface area contributed by atoms with E-state index in [4.69, 9.17) is 32.1 Å². The van der Waals surface area contributed by atoms with Crippen LogP contribution < -0.4 is 15.9 Å². The molecule has 3 aromatic carbocycles. The Balaban J connectivity index is 0.00000256. The van der Waals surface area contributed by atoms with Crippen LogP contribution >= 0.6 is 24.0 Å². The van der Waals surface area contributed by atoms with Crippen molar-refractivity contribution in [3.63, 3.8) is 0 Å². The lowest BCUT2D eigenvalue weighted by Gasteiger charge is -2.28. The van der Waals surface area contributed by atoms with Gasteiger partial charge in [-0.15, -0.1) is 12.4 Å². The molecule has 0 bridgehead atoms. The average Bonchev–Trinajstić information content (AvgIpc) is 2.73. The van der Waals surface area contributed by atoms with E-state index >= 15 is 0 Å². The average molecular weight is 443 g/mol. The fourth-order valence-corrected chi connectivity index (χ4v) is 3.68. The second kappa shape index (κ2) is 9.54. The third kappa shape index (κ3) is 4.63. The summed E-state index contributed by atoms with van der Waals surface area (Å²) in [6.07, 6.45) is 0.305. The molecule has 1 aliphatic heterocycles. The van der Waals surface area contributed by atoms with Gasteiger partial charge in [-0.25, -0.2) is 0 Å². The summed E-state index contributed by atoms with van der Waals surface area (Å²) in [6, 6.07) is 20.5. The Morgan fingerprint density at radius 3 is 2.67 bits per heavy atom. The predicted molar refractivity (Wildman–Crippen MR) is 122 cm³/mol. The standard InChI is InChI=1S/C22H20BClN2O3.ClH/c24-19-8-4-2-6-16(19)13-28-21-12-15(9-10-17(21)22(25)26)20-11-14-5-1-3-7-18(14)23(27)29-20;/h1-10,12,20,27H,11,13H2,(H3,25,26);1H. The number of rotatable bonds is 5. The van der Waals surface area contributed by atoms with Crippen molar-refractivity contribution < 1.29 is 14.4 Å². The monoisotopic (exact) mass is 442 g/mol. The lowest BCUT2D eigenvalue weighted by Crippen LogP contribution is -2.42. The van der Waals surface area contributed by atoms with Crippen molar-refractivity contribution in [3.8, 4) is 5.75 Å².